The fourth-order valence-electron chi connectivity index (χ4n) is 2.64. The molecule has 0 bridgehead atoms. The van der Waals surface area contributed by atoms with E-state index in [-0.39, 0.29) is 17.5 Å². The van der Waals surface area contributed by atoms with Crippen LogP contribution in [0.4, 0.5) is 8.78 Å². The van der Waals surface area contributed by atoms with Crippen LogP contribution in [-0.2, 0) is 6.54 Å². The maximum Gasteiger partial charge on any atom is 0.166 e. The van der Waals surface area contributed by atoms with Gasteiger partial charge in [-0.1, -0.05) is 18.2 Å². The van der Waals surface area contributed by atoms with E-state index < -0.39 is 11.6 Å². The zero-order valence-corrected chi connectivity index (χ0v) is 12.1. The second-order valence-electron chi connectivity index (χ2n) is 5.58. The van der Waals surface area contributed by atoms with Crippen molar-refractivity contribution in [1.82, 2.24) is 4.90 Å². The first-order valence-electron chi connectivity index (χ1n) is 7.30. The highest BCUT2D eigenvalue weighted by molar-refractivity contribution is 5.35. The molecule has 2 aromatic carbocycles. The van der Waals surface area contributed by atoms with Crippen LogP contribution in [0.2, 0.25) is 0 Å². The Kier molecular flexibility index (Phi) is 4.36. The van der Waals surface area contributed by atoms with E-state index in [1.807, 2.05) is 0 Å². The molecular weight excluding hydrogens is 286 g/mol. The minimum atomic E-state index is -0.517. The lowest BCUT2D eigenvalue weighted by atomic mass is 10.2. The average Bonchev–Trinajstić information content (AvgIpc) is 2.89. The van der Waals surface area contributed by atoms with Gasteiger partial charge in [0, 0.05) is 25.7 Å². The smallest absolute Gasteiger partial charge is 0.166 e. The summed E-state index contributed by atoms with van der Waals surface area (Å²) in [5.41, 5.74) is 6.72. The number of nitrogens with two attached hydrogens (primary N) is 1. The van der Waals surface area contributed by atoms with Crippen molar-refractivity contribution in [1.29, 1.82) is 0 Å². The van der Waals surface area contributed by atoms with Gasteiger partial charge in [0.15, 0.2) is 23.1 Å². The summed E-state index contributed by atoms with van der Waals surface area (Å²) in [4.78, 5) is 2.19. The molecule has 2 aromatic rings. The van der Waals surface area contributed by atoms with E-state index in [1.54, 1.807) is 18.2 Å². The summed E-state index contributed by atoms with van der Waals surface area (Å²) >= 11 is 0. The molecule has 1 aliphatic rings. The van der Waals surface area contributed by atoms with E-state index in [0.29, 0.717) is 6.54 Å². The number of halogens is 2. The summed E-state index contributed by atoms with van der Waals surface area (Å²) < 4.78 is 33.0. The number of hydrogen-bond donors (Lipinski definition) is 1. The van der Waals surface area contributed by atoms with E-state index in [1.165, 1.54) is 24.3 Å². The second kappa shape index (κ2) is 6.42. The van der Waals surface area contributed by atoms with Crippen molar-refractivity contribution in [3.8, 4) is 11.5 Å². The van der Waals surface area contributed by atoms with E-state index in [9.17, 15) is 8.78 Å². The third-order valence-corrected chi connectivity index (χ3v) is 3.77. The van der Waals surface area contributed by atoms with Gasteiger partial charge in [-0.3, -0.25) is 4.90 Å². The standard InChI is InChI=1S/C17H18F2N2O/c18-14-3-1-2-4-16(14)22-17-6-5-12(9-15(17)19)10-21-8-7-13(20)11-21/h1-6,9,13H,7-8,10-11,20H2. The SMILES string of the molecule is NC1CCN(Cc2ccc(Oc3ccccc3F)c(F)c2)C1. The average molecular weight is 304 g/mol. The summed E-state index contributed by atoms with van der Waals surface area (Å²) in [5, 5.41) is 0. The van der Waals surface area contributed by atoms with Crippen LogP contribution < -0.4 is 10.5 Å². The largest absolute Gasteiger partial charge is 0.451 e. The van der Waals surface area contributed by atoms with Gasteiger partial charge in [-0.05, 0) is 36.2 Å². The van der Waals surface area contributed by atoms with Gasteiger partial charge in [0.1, 0.15) is 0 Å². The monoisotopic (exact) mass is 304 g/mol. The fourth-order valence-corrected chi connectivity index (χ4v) is 2.64. The lowest BCUT2D eigenvalue weighted by Crippen LogP contribution is -2.26. The zero-order valence-electron chi connectivity index (χ0n) is 12.1. The van der Waals surface area contributed by atoms with Gasteiger partial charge in [-0.15, -0.1) is 0 Å². The highest BCUT2D eigenvalue weighted by Crippen LogP contribution is 2.27. The molecule has 1 fully saturated rings. The predicted molar refractivity (Wildman–Crippen MR) is 80.7 cm³/mol. The summed E-state index contributed by atoms with van der Waals surface area (Å²) in [7, 11) is 0. The van der Waals surface area contributed by atoms with Crippen LogP contribution in [0.1, 0.15) is 12.0 Å². The zero-order chi connectivity index (χ0) is 15.5. The molecule has 1 unspecified atom stereocenters. The van der Waals surface area contributed by atoms with E-state index in [4.69, 9.17) is 10.5 Å². The van der Waals surface area contributed by atoms with Crippen LogP contribution >= 0.6 is 0 Å². The minimum Gasteiger partial charge on any atom is -0.451 e. The Labute approximate surface area is 128 Å². The number of rotatable bonds is 4. The molecule has 1 heterocycles. The Hall–Kier alpha value is -1.98. The van der Waals surface area contributed by atoms with E-state index in [0.717, 1.165) is 25.1 Å². The third kappa shape index (κ3) is 3.43. The number of hydrogen-bond acceptors (Lipinski definition) is 3. The molecule has 22 heavy (non-hydrogen) atoms. The third-order valence-electron chi connectivity index (χ3n) is 3.77. The molecule has 1 saturated heterocycles. The fraction of sp³-hybridized carbons (Fsp3) is 0.294. The normalized spacial score (nSPS) is 18.6. The second-order valence-corrected chi connectivity index (χ2v) is 5.58. The molecule has 1 atom stereocenters. The van der Waals surface area contributed by atoms with Gasteiger partial charge in [-0.25, -0.2) is 8.78 Å². The van der Waals surface area contributed by atoms with Gasteiger partial charge in [0.05, 0.1) is 0 Å². The lowest BCUT2D eigenvalue weighted by molar-refractivity contribution is 0.325. The first-order valence-corrected chi connectivity index (χ1v) is 7.30. The Bertz CT molecular complexity index is 663. The molecule has 0 aromatic heterocycles. The maximum absolute atomic E-state index is 14.1. The summed E-state index contributed by atoms with van der Waals surface area (Å²) in [5.74, 6) is -0.979. The summed E-state index contributed by atoms with van der Waals surface area (Å²) in [6, 6.07) is 10.9. The quantitative estimate of drug-likeness (QED) is 0.942. The van der Waals surface area contributed by atoms with Gasteiger partial charge < -0.3 is 10.5 Å². The first kappa shape index (κ1) is 14.9. The van der Waals surface area contributed by atoms with Gasteiger partial charge in [0.2, 0.25) is 0 Å². The number of nitrogens with zero attached hydrogens (tertiary/aromatic N) is 1. The first-order chi connectivity index (χ1) is 10.6. The molecule has 116 valence electrons. The molecule has 1 aliphatic heterocycles. The molecule has 5 heteroatoms. The van der Waals surface area contributed by atoms with Crippen molar-refractivity contribution >= 4 is 0 Å². The molecule has 0 aliphatic carbocycles. The maximum atomic E-state index is 14.1. The van der Waals surface area contributed by atoms with Crippen LogP contribution in [0.25, 0.3) is 0 Å². The number of likely N-dealkylation sites (tertiary alicyclic amines) is 1. The molecule has 0 radical (unpaired) electrons. The van der Waals surface area contributed by atoms with Crippen molar-refractivity contribution in [2.75, 3.05) is 13.1 Å². The lowest BCUT2D eigenvalue weighted by Gasteiger charge is -2.16. The Morgan fingerprint density at radius 1 is 1.09 bits per heavy atom. The molecular formula is C17H18F2N2O. The van der Waals surface area contributed by atoms with Gasteiger partial charge >= 0.3 is 0 Å². The molecule has 3 rings (SSSR count). The summed E-state index contributed by atoms with van der Waals surface area (Å²) in [6.45, 7) is 2.41. The Morgan fingerprint density at radius 3 is 2.55 bits per heavy atom. The molecule has 0 amide bonds. The van der Waals surface area contributed by atoms with Crippen molar-refractivity contribution in [2.45, 2.75) is 19.0 Å². The number of ether oxygens (including phenoxy) is 1. The Balaban J connectivity index is 1.71. The van der Waals surface area contributed by atoms with Crippen molar-refractivity contribution in [3.05, 3.63) is 59.7 Å². The van der Waals surface area contributed by atoms with Crippen LogP contribution in [0.3, 0.4) is 0 Å². The molecule has 0 saturated carbocycles. The highest BCUT2D eigenvalue weighted by atomic mass is 19.1. The number of para-hydroxylation sites is 1. The minimum absolute atomic E-state index is 0.0136. The van der Waals surface area contributed by atoms with Crippen LogP contribution in [0.15, 0.2) is 42.5 Å². The van der Waals surface area contributed by atoms with Crippen molar-refractivity contribution in [3.63, 3.8) is 0 Å². The topological polar surface area (TPSA) is 38.5 Å². The Morgan fingerprint density at radius 2 is 1.86 bits per heavy atom. The molecule has 2 N–H and O–H groups in total. The van der Waals surface area contributed by atoms with Gasteiger partial charge in [-0.2, -0.15) is 0 Å². The van der Waals surface area contributed by atoms with Crippen LogP contribution in [0, 0.1) is 11.6 Å². The van der Waals surface area contributed by atoms with Crippen molar-refractivity contribution in [2.24, 2.45) is 5.73 Å². The van der Waals surface area contributed by atoms with E-state index >= 15 is 0 Å². The highest BCUT2D eigenvalue weighted by Gasteiger charge is 2.19. The van der Waals surface area contributed by atoms with Crippen LogP contribution in [-0.4, -0.2) is 24.0 Å². The van der Waals surface area contributed by atoms with Crippen molar-refractivity contribution < 1.29 is 13.5 Å². The molecule has 0 spiro atoms. The van der Waals surface area contributed by atoms with E-state index in [2.05, 4.69) is 4.90 Å². The van der Waals surface area contributed by atoms with Gasteiger partial charge in [0.25, 0.3) is 0 Å². The number of benzene rings is 2. The predicted octanol–water partition coefficient (Wildman–Crippen LogP) is 3.29. The molecule has 3 nitrogen and oxygen atoms in total. The summed E-state index contributed by atoms with van der Waals surface area (Å²) in [6.07, 6.45) is 0.969. The van der Waals surface area contributed by atoms with Crippen LogP contribution in [0.5, 0.6) is 11.5 Å².